The van der Waals surface area contributed by atoms with Gasteiger partial charge in [0.05, 0.1) is 22.6 Å². The molecule has 0 saturated heterocycles. The number of nitrogens with one attached hydrogen (secondary N) is 2. The van der Waals surface area contributed by atoms with Gasteiger partial charge in [-0.05, 0) is 25.5 Å². The molecule has 0 saturated carbocycles. The highest BCUT2D eigenvalue weighted by Gasteiger charge is 2.39. The molecule has 1 aromatic carbocycles. The van der Waals surface area contributed by atoms with Gasteiger partial charge in [-0.1, -0.05) is 0 Å². The third kappa shape index (κ3) is 3.86. The molecule has 2 aromatic heterocycles. The molecule has 3 N–H and O–H groups in total. The van der Waals surface area contributed by atoms with E-state index in [9.17, 15) is 27.2 Å². The standard InChI is InChI=1S/C17H13F4N5O3/c1-6(24-16-22-4-8(5-23-16)15(28)29)9-3-10-13(25-7(2)26-14(10)27)12(18)11(9)17(19,20)21/h3-6H,1-2H3,(H,28,29)(H,22,23,24)(H,25,26,27)/t6-/m0/s1. The number of hydrogen-bond acceptors (Lipinski definition) is 6. The number of carbonyl (C=O) groups is 1. The number of rotatable bonds is 4. The van der Waals surface area contributed by atoms with Crippen LogP contribution in [0.5, 0.6) is 0 Å². The summed E-state index contributed by atoms with van der Waals surface area (Å²) in [6, 6.07) is -0.266. The number of H-pyrrole nitrogens is 1. The average molecular weight is 411 g/mol. The molecule has 0 aliphatic rings. The fraction of sp³-hybridized carbons (Fsp3) is 0.235. The highest BCUT2D eigenvalue weighted by molar-refractivity contribution is 5.86. The smallest absolute Gasteiger partial charge is 0.419 e. The van der Waals surface area contributed by atoms with E-state index < -0.39 is 46.2 Å². The lowest BCUT2D eigenvalue weighted by Crippen LogP contribution is -2.21. The second-order valence-electron chi connectivity index (χ2n) is 6.17. The summed E-state index contributed by atoms with van der Waals surface area (Å²) in [5.41, 5.74) is -3.80. The number of aromatic nitrogens is 4. The molecule has 0 aliphatic carbocycles. The van der Waals surface area contributed by atoms with Gasteiger partial charge in [0, 0.05) is 12.4 Å². The molecule has 152 valence electrons. The van der Waals surface area contributed by atoms with Crippen molar-refractivity contribution in [2.75, 3.05) is 5.32 Å². The molecule has 0 aliphatic heterocycles. The first-order chi connectivity index (χ1) is 13.5. The van der Waals surface area contributed by atoms with Crippen LogP contribution in [0.25, 0.3) is 10.9 Å². The molecular formula is C17H13F4N5O3. The van der Waals surface area contributed by atoms with Crippen molar-refractivity contribution in [1.29, 1.82) is 0 Å². The largest absolute Gasteiger partial charge is 0.478 e. The maximum Gasteiger partial charge on any atom is 0.419 e. The minimum Gasteiger partial charge on any atom is -0.478 e. The van der Waals surface area contributed by atoms with Crippen LogP contribution in [0.3, 0.4) is 0 Å². The highest BCUT2D eigenvalue weighted by atomic mass is 19.4. The lowest BCUT2D eigenvalue weighted by molar-refractivity contribution is -0.140. The van der Waals surface area contributed by atoms with E-state index in [1.165, 1.54) is 13.8 Å². The van der Waals surface area contributed by atoms with Crippen LogP contribution in [0.1, 0.15) is 40.3 Å². The van der Waals surface area contributed by atoms with Crippen LogP contribution in [0.15, 0.2) is 23.3 Å². The van der Waals surface area contributed by atoms with E-state index >= 15 is 0 Å². The molecule has 3 rings (SSSR count). The highest BCUT2D eigenvalue weighted by Crippen LogP contribution is 2.39. The number of hydrogen-bond donors (Lipinski definition) is 3. The van der Waals surface area contributed by atoms with Crippen molar-refractivity contribution in [3.63, 3.8) is 0 Å². The first-order valence-electron chi connectivity index (χ1n) is 8.11. The molecule has 1 atom stereocenters. The summed E-state index contributed by atoms with van der Waals surface area (Å²) in [6.07, 6.45) is -3.13. The van der Waals surface area contributed by atoms with Gasteiger partial charge in [0.2, 0.25) is 5.95 Å². The van der Waals surface area contributed by atoms with Gasteiger partial charge in [-0.15, -0.1) is 0 Å². The Bertz CT molecular complexity index is 1160. The fourth-order valence-corrected chi connectivity index (χ4v) is 2.78. The maximum absolute atomic E-state index is 14.8. The molecule has 0 radical (unpaired) electrons. The number of aromatic amines is 1. The zero-order valence-corrected chi connectivity index (χ0v) is 14.9. The number of halogens is 4. The van der Waals surface area contributed by atoms with E-state index in [0.717, 1.165) is 18.5 Å². The predicted molar refractivity (Wildman–Crippen MR) is 93.1 cm³/mol. The summed E-state index contributed by atoms with van der Waals surface area (Å²) in [5, 5.41) is 11.0. The number of alkyl halides is 3. The third-order valence-corrected chi connectivity index (χ3v) is 4.08. The van der Waals surface area contributed by atoms with Gasteiger partial charge in [-0.25, -0.2) is 24.1 Å². The minimum atomic E-state index is -5.06. The summed E-state index contributed by atoms with van der Waals surface area (Å²) in [6.45, 7) is 2.61. The van der Waals surface area contributed by atoms with Crippen LogP contribution in [-0.2, 0) is 6.18 Å². The topological polar surface area (TPSA) is 121 Å². The van der Waals surface area contributed by atoms with Crippen molar-refractivity contribution in [3.05, 3.63) is 57.1 Å². The Kier molecular flexibility index (Phi) is 4.95. The van der Waals surface area contributed by atoms with Crippen LogP contribution < -0.4 is 10.9 Å². The quantitative estimate of drug-likeness (QED) is 0.564. The van der Waals surface area contributed by atoms with Gasteiger partial charge in [0.1, 0.15) is 11.3 Å². The summed E-state index contributed by atoms with van der Waals surface area (Å²) in [5.74, 6) is -3.13. The Labute approximate surface area is 159 Å². The predicted octanol–water partition coefficient (Wildman–Crippen LogP) is 3.05. The zero-order chi connectivity index (χ0) is 21.5. The second kappa shape index (κ2) is 7.11. The van der Waals surface area contributed by atoms with E-state index in [2.05, 4.69) is 25.3 Å². The average Bonchev–Trinajstić information content (AvgIpc) is 2.61. The van der Waals surface area contributed by atoms with Crippen molar-refractivity contribution in [3.8, 4) is 0 Å². The number of nitrogens with zero attached hydrogens (tertiary/aromatic N) is 3. The van der Waals surface area contributed by atoms with Crippen LogP contribution in [0, 0.1) is 12.7 Å². The van der Waals surface area contributed by atoms with E-state index in [0.29, 0.717) is 0 Å². The van der Waals surface area contributed by atoms with Gasteiger partial charge in [-0.3, -0.25) is 4.79 Å². The number of carboxylic acid groups (broad SMARTS) is 1. The molecule has 2 heterocycles. The first-order valence-corrected chi connectivity index (χ1v) is 8.11. The lowest BCUT2D eigenvalue weighted by Gasteiger charge is -2.21. The maximum atomic E-state index is 14.8. The number of fused-ring (bicyclic) bond motifs is 1. The third-order valence-electron chi connectivity index (χ3n) is 4.08. The Morgan fingerprint density at radius 1 is 1.28 bits per heavy atom. The van der Waals surface area contributed by atoms with Gasteiger partial charge in [-0.2, -0.15) is 13.2 Å². The Hall–Kier alpha value is -3.57. The SMILES string of the molecule is Cc1nc2c(F)c(C(F)(F)F)c([C@H](C)Nc3ncc(C(=O)O)cn3)cc2c(=O)[nH]1. The van der Waals surface area contributed by atoms with E-state index in [-0.39, 0.29) is 22.7 Å². The number of aryl methyl sites for hydroxylation is 1. The molecule has 3 aromatic rings. The molecular weight excluding hydrogens is 398 g/mol. The summed E-state index contributed by atoms with van der Waals surface area (Å²) < 4.78 is 55.6. The normalized spacial score (nSPS) is 12.8. The minimum absolute atomic E-state index is 0.0274. The van der Waals surface area contributed by atoms with Gasteiger partial charge < -0.3 is 15.4 Å². The molecule has 8 nitrogen and oxygen atoms in total. The number of benzene rings is 1. The molecule has 12 heteroatoms. The first kappa shape index (κ1) is 20.2. The Morgan fingerprint density at radius 2 is 1.90 bits per heavy atom. The molecule has 0 fully saturated rings. The van der Waals surface area contributed by atoms with Crippen molar-refractivity contribution in [2.45, 2.75) is 26.1 Å². The zero-order valence-electron chi connectivity index (χ0n) is 14.9. The lowest BCUT2D eigenvalue weighted by atomic mass is 9.97. The van der Waals surface area contributed by atoms with Crippen molar-refractivity contribution in [2.24, 2.45) is 0 Å². The van der Waals surface area contributed by atoms with Crippen LogP contribution in [0.4, 0.5) is 23.5 Å². The summed E-state index contributed by atoms with van der Waals surface area (Å²) >= 11 is 0. The van der Waals surface area contributed by atoms with E-state index in [4.69, 9.17) is 5.11 Å². The Balaban J connectivity index is 2.13. The van der Waals surface area contributed by atoms with E-state index in [1.807, 2.05) is 0 Å². The number of carboxylic acids is 1. The molecule has 29 heavy (non-hydrogen) atoms. The molecule has 0 amide bonds. The molecule has 0 spiro atoms. The monoisotopic (exact) mass is 411 g/mol. The summed E-state index contributed by atoms with van der Waals surface area (Å²) in [7, 11) is 0. The van der Waals surface area contributed by atoms with Crippen LogP contribution in [-0.4, -0.2) is 31.0 Å². The Morgan fingerprint density at radius 3 is 2.45 bits per heavy atom. The van der Waals surface area contributed by atoms with Gasteiger partial charge in [0.25, 0.3) is 5.56 Å². The molecule has 0 bridgehead atoms. The van der Waals surface area contributed by atoms with Crippen molar-refractivity contribution in [1.82, 2.24) is 19.9 Å². The van der Waals surface area contributed by atoms with Crippen LogP contribution in [0.2, 0.25) is 0 Å². The second-order valence-corrected chi connectivity index (χ2v) is 6.17. The van der Waals surface area contributed by atoms with Gasteiger partial charge in [0.15, 0.2) is 5.82 Å². The number of aromatic carboxylic acids is 1. The summed E-state index contributed by atoms with van der Waals surface area (Å²) in [4.78, 5) is 36.4. The van der Waals surface area contributed by atoms with Gasteiger partial charge >= 0.3 is 12.1 Å². The van der Waals surface area contributed by atoms with Crippen molar-refractivity contribution < 1.29 is 27.5 Å². The molecule has 0 unspecified atom stereocenters. The fourth-order valence-electron chi connectivity index (χ4n) is 2.78. The van der Waals surface area contributed by atoms with Crippen LogP contribution >= 0.6 is 0 Å². The number of anilines is 1. The van der Waals surface area contributed by atoms with E-state index in [1.54, 1.807) is 0 Å². The van der Waals surface area contributed by atoms with Crippen molar-refractivity contribution >= 4 is 22.8 Å².